The van der Waals surface area contributed by atoms with Crippen LogP contribution in [0.25, 0.3) is 0 Å². The molecule has 0 heterocycles. The summed E-state index contributed by atoms with van der Waals surface area (Å²) in [6.45, 7) is 2.08. The van der Waals surface area contributed by atoms with E-state index in [9.17, 15) is 9.59 Å². The van der Waals surface area contributed by atoms with Gasteiger partial charge in [0.05, 0.1) is 5.92 Å². The summed E-state index contributed by atoms with van der Waals surface area (Å²) in [5, 5.41) is 12.0. The molecule has 2 fully saturated rings. The topological polar surface area (TPSA) is 66.4 Å². The van der Waals surface area contributed by atoms with E-state index < -0.39 is 5.97 Å². The van der Waals surface area contributed by atoms with Gasteiger partial charge in [0.15, 0.2) is 0 Å². The fourth-order valence-electron chi connectivity index (χ4n) is 3.36. The van der Waals surface area contributed by atoms with Crippen molar-refractivity contribution >= 4 is 11.9 Å². The number of amides is 1. The molecule has 0 aromatic rings. The zero-order valence-corrected chi connectivity index (χ0v) is 11.0. The van der Waals surface area contributed by atoms with Gasteiger partial charge in [-0.05, 0) is 44.9 Å². The fraction of sp³-hybridized carbons (Fsp3) is 0.857. The van der Waals surface area contributed by atoms with Gasteiger partial charge in [0.2, 0.25) is 5.91 Å². The summed E-state index contributed by atoms with van der Waals surface area (Å²) in [6, 6.07) is 0.240. The molecule has 4 heteroatoms. The number of hydrogen-bond acceptors (Lipinski definition) is 2. The van der Waals surface area contributed by atoms with Crippen LogP contribution in [0.4, 0.5) is 0 Å². The Kier molecular flexibility index (Phi) is 4.25. The minimum atomic E-state index is -0.755. The van der Waals surface area contributed by atoms with E-state index in [2.05, 4.69) is 12.2 Å². The van der Waals surface area contributed by atoms with E-state index in [-0.39, 0.29) is 23.8 Å². The van der Waals surface area contributed by atoms with Crippen molar-refractivity contribution in [2.45, 2.75) is 57.9 Å². The number of carbonyl (C=O) groups excluding carboxylic acids is 1. The summed E-state index contributed by atoms with van der Waals surface area (Å²) < 4.78 is 0. The molecule has 2 aliphatic rings. The molecule has 1 amide bonds. The van der Waals surface area contributed by atoms with Crippen LogP contribution >= 0.6 is 0 Å². The molecule has 0 aromatic carbocycles. The second-order valence-corrected chi connectivity index (χ2v) is 5.89. The fourth-order valence-corrected chi connectivity index (χ4v) is 3.36. The molecule has 0 aliphatic heterocycles. The van der Waals surface area contributed by atoms with Crippen LogP contribution in [-0.4, -0.2) is 23.0 Å². The van der Waals surface area contributed by atoms with Crippen molar-refractivity contribution in [1.82, 2.24) is 5.32 Å². The van der Waals surface area contributed by atoms with Gasteiger partial charge in [-0.3, -0.25) is 9.59 Å². The molecule has 3 atom stereocenters. The van der Waals surface area contributed by atoms with E-state index in [1.807, 2.05) is 0 Å². The third-order valence-electron chi connectivity index (χ3n) is 4.63. The number of nitrogens with one attached hydrogen (secondary N) is 1. The molecule has 0 bridgehead atoms. The first kappa shape index (κ1) is 13.4. The zero-order valence-electron chi connectivity index (χ0n) is 11.0. The van der Waals surface area contributed by atoms with E-state index in [4.69, 9.17) is 5.11 Å². The van der Waals surface area contributed by atoms with Gasteiger partial charge in [-0.15, -0.1) is 0 Å². The smallest absolute Gasteiger partial charge is 0.306 e. The van der Waals surface area contributed by atoms with Crippen molar-refractivity contribution in [2.75, 3.05) is 0 Å². The van der Waals surface area contributed by atoms with Crippen molar-refractivity contribution in [3.05, 3.63) is 0 Å². The van der Waals surface area contributed by atoms with Crippen LogP contribution in [0.2, 0.25) is 0 Å². The molecule has 4 nitrogen and oxygen atoms in total. The van der Waals surface area contributed by atoms with E-state index in [0.29, 0.717) is 18.8 Å². The number of hydrogen-bond donors (Lipinski definition) is 2. The summed E-state index contributed by atoms with van der Waals surface area (Å²) >= 11 is 0. The largest absolute Gasteiger partial charge is 0.481 e. The first-order chi connectivity index (χ1) is 8.58. The van der Waals surface area contributed by atoms with Gasteiger partial charge in [0.1, 0.15) is 0 Å². The maximum Gasteiger partial charge on any atom is 0.306 e. The van der Waals surface area contributed by atoms with Crippen LogP contribution in [0.15, 0.2) is 0 Å². The average molecular weight is 253 g/mol. The van der Waals surface area contributed by atoms with E-state index in [1.165, 1.54) is 25.7 Å². The first-order valence-electron chi connectivity index (χ1n) is 7.11. The summed E-state index contributed by atoms with van der Waals surface area (Å²) in [4.78, 5) is 22.9. The molecule has 0 saturated heterocycles. The minimum Gasteiger partial charge on any atom is -0.481 e. The molecule has 2 N–H and O–H groups in total. The summed E-state index contributed by atoms with van der Waals surface area (Å²) in [5.74, 6) is -0.476. The van der Waals surface area contributed by atoms with Crippen molar-refractivity contribution in [3.8, 4) is 0 Å². The van der Waals surface area contributed by atoms with Crippen LogP contribution in [0, 0.1) is 17.8 Å². The standard InChI is InChI=1S/C14H23NO3/c1-9(10-4-2-3-5-10)15-13(16)11-6-7-12(8-11)14(17)18/h9-12H,2-8H2,1H3,(H,15,16)(H,17,18)/t9-,11+,12-/m0/s1. The monoisotopic (exact) mass is 253 g/mol. The van der Waals surface area contributed by atoms with Crippen molar-refractivity contribution in [1.29, 1.82) is 0 Å². The number of carboxylic acid groups (broad SMARTS) is 1. The normalized spacial score (nSPS) is 30.3. The predicted molar refractivity (Wildman–Crippen MR) is 68.0 cm³/mol. The highest BCUT2D eigenvalue weighted by Crippen LogP contribution is 2.32. The number of carboxylic acids is 1. The highest BCUT2D eigenvalue weighted by Gasteiger charge is 2.34. The van der Waals surface area contributed by atoms with Gasteiger partial charge in [-0.2, -0.15) is 0 Å². The minimum absolute atomic E-state index is 0.0677. The van der Waals surface area contributed by atoms with Gasteiger partial charge < -0.3 is 10.4 Å². The van der Waals surface area contributed by atoms with Gasteiger partial charge in [0, 0.05) is 12.0 Å². The van der Waals surface area contributed by atoms with E-state index >= 15 is 0 Å². The van der Waals surface area contributed by atoms with Crippen molar-refractivity contribution < 1.29 is 14.7 Å². The zero-order chi connectivity index (χ0) is 13.1. The highest BCUT2D eigenvalue weighted by atomic mass is 16.4. The Balaban J connectivity index is 1.79. The summed E-state index contributed by atoms with van der Waals surface area (Å²) in [5.41, 5.74) is 0. The van der Waals surface area contributed by atoms with Crippen LogP contribution < -0.4 is 5.32 Å². The van der Waals surface area contributed by atoms with Crippen LogP contribution in [-0.2, 0) is 9.59 Å². The summed E-state index contributed by atoms with van der Waals surface area (Å²) in [7, 11) is 0. The van der Waals surface area contributed by atoms with Gasteiger partial charge in [-0.25, -0.2) is 0 Å². The van der Waals surface area contributed by atoms with Crippen molar-refractivity contribution in [2.24, 2.45) is 17.8 Å². The number of carbonyl (C=O) groups is 2. The Morgan fingerprint density at radius 1 is 1.11 bits per heavy atom. The average Bonchev–Trinajstić information content (AvgIpc) is 3.00. The van der Waals surface area contributed by atoms with E-state index in [1.54, 1.807) is 0 Å². The SMILES string of the molecule is C[C@H](NC(=O)[C@@H]1CC[C@H](C(=O)O)C1)C1CCCC1. The van der Waals surface area contributed by atoms with Crippen LogP contribution in [0.5, 0.6) is 0 Å². The Labute approximate surface area is 108 Å². The Bertz CT molecular complexity index is 323. The molecular formula is C14H23NO3. The van der Waals surface area contributed by atoms with Gasteiger partial charge in [0.25, 0.3) is 0 Å². The highest BCUT2D eigenvalue weighted by molar-refractivity contribution is 5.81. The Morgan fingerprint density at radius 3 is 2.28 bits per heavy atom. The molecule has 2 saturated carbocycles. The third-order valence-corrected chi connectivity index (χ3v) is 4.63. The van der Waals surface area contributed by atoms with Gasteiger partial charge >= 0.3 is 5.97 Å². The first-order valence-corrected chi connectivity index (χ1v) is 7.11. The van der Waals surface area contributed by atoms with Crippen LogP contribution in [0.1, 0.15) is 51.9 Å². The third kappa shape index (κ3) is 3.03. The molecule has 0 aromatic heterocycles. The molecule has 102 valence electrons. The summed E-state index contributed by atoms with van der Waals surface area (Å²) in [6.07, 6.45) is 6.85. The van der Waals surface area contributed by atoms with Crippen LogP contribution in [0.3, 0.4) is 0 Å². The number of rotatable bonds is 4. The second-order valence-electron chi connectivity index (χ2n) is 5.89. The maximum atomic E-state index is 12.1. The molecule has 0 radical (unpaired) electrons. The van der Waals surface area contributed by atoms with Gasteiger partial charge in [-0.1, -0.05) is 12.8 Å². The quantitative estimate of drug-likeness (QED) is 0.807. The Morgan fingerprint density at radius 2 is 1.72 bits per heavy atom. The Hall–Kier alpha value is -1.06. The molecule has 0 spiro atoms. The lowest BCUT2D eigenvalue weighted by Gasteiger charge is -2.22. The van der Waals surface area contributed by atoms with E-state index in [0.717, 1.165) is 6.42 Å². The van der Waals surface area contributed by atoms with Crippen molar-refractivity contribution in [3.63, 3.8) is 0 Å². The molecule has 0 unspecified atom stereocenters. The predicted octanol–water partition coefficient (Wildman–Crippen LogP) is 2.18. The molecule has 18 heavy (non-hydrogen) atoms. The molecular weight excluding hydrogens is 230 g/mol. The number of aliphatic carboxylic acids is 1. The maximum absolute atomic E-state index is 12.1. The lowest BCUT2D eigenvalue weighted by Crippen LogP contribution is -2.40. The lowest BCUT2D eigenvalue weighted by atomic mass is 9.98. The molecule has 2 rings (SSSR count). The molecule has 2 aliphatic carbocycles. The lowest BCUT2D eigenvalue weighted by molar-refractivity contribution is -0.141. The second kappa shape index (κ2) is 5.72.